The first-order valence-corrected chi connectivity index (χ1v) is 5.99. The molecular formula is C13H22N2O3. The number of terminal acetylenes is 1. The average molecular weight is 254 g/mol. The lowest BCUT2D eigenvalue weighted by Gasteiger charge is -2.24. The molecule has 0 heterocycles. The van der Waals surface area contributed by atoms with Crippen molar-refractivity contribution in [3.63, 3.8) is 0 Å². The molecule has 1 unspecified atom stereocenters. The van der Waals surface area contributed by atoms with E-state index in [1.54, 1.807) is 6.92 Å². The number of nitrogens with one attached hydrogen (secondary N) is 2. The Morgan fingerprint density at radius 3 is 2.50 bits per heavy atom. The zero-order chi connectivity index (χ0) is 14.2. The molecule has 3 N–H and O–H groups in total. The number of hydrogen-bond acceptors (Lipinski definition) is 2. The van der Waals surface area contributed by atoms with Crippen molar-refractivity contribution in [3.05, 3.63) is 0 Å². The van der Waals surface area contributed by atoms with Crippen molar-refractivity contribution in [1.82, 2.24) is 10.6 Å². The standard InChI is InChI=1S/C13H22N2O3/c1-5-10(2)15-12(18)14-9-8-13(3,4)7-6-11(16)17/h1,10H,6-9H2,2-4H3,(H,16,17)(H2,14,15,18). The number of carbonyl (C=O) groups is 2. The highest BCUT2D eigenvalue weighted by molar-refractivity contribution is 5.74. The molecule has 0 radical (unpaired) electrons. The van der Waals surface area contributed by atoms with E-state index in [0.29, 0.717) is 13.0 Å². The summed E-state index contributed by atoms with van der Waals surface area (Å²) in [5.74, 6) is 1.60. The fourth-order valence-electron chi connectivity index (χ4n) is 1.37. The molecule has 0 spiro atoms. The lowest BCUT2D eigenvalue weighted by molar-refractivity contribution is -0.137. The van der Waals surface area contributed by atoms with Crippen LogP contribution in [-0.2, 0) is 4.79 Å². The molecule has 0 bridgehead atoms. The molecule has 0 aliphatic carbocycles. The topological polar surface area (TPSA) is 78.4 Å². The van der Waals surface area contributed by atoms with E-state index in [1.165, 1.54) is 0 Å². The van der Waals surface area contributed by atoms with Crippen molar-refractivity contribution in [1.29, 1.82) is 0 Å². The lowest BCUT2D eigenvalue weighted by Crippen LogP contribution is -2.41. The van der Waals surface area contributed by atoms with Gasteiger partial charge in [-0.05, 0) is 25.2 Å². The first kappa shape index (κ1) is 16.3. The maximum Gasteiger partial charge on any atom is 0.315 e. The van der Waals surface area contributed by atoms with Crippen LogP contribution < -0.4 is 10.6 Å². The van der Waals surface area contributed by atoms with Gasteiger partial charge in [-0.15, -0.1) is 6.42 Å². The second-order valence-corrected chi connectivity index (χ2v) is 5.10. The van der Waals surface area contributed by atoms with Gasteiger partial charge in [-0.2, -0.15) is 0 Å². The molecule has 0 saturated heterocycles. The minimum absolute atomic E-state index is 0.108. The Kier molecular flexibility index (Phi) is 6.88. The average Bonchev–Trinajstić information content (AvgIpc) is 2.26. The quantitative estimate of drug-likeness (QED) is 0.604. The highest BCUT2D eigenvalue weighted by Gasteiger charge is 2.19. The summed E-state index contributed by atoms with van der Waals surface area (Å²) in [7, 11) is 0. The first-order valence-electron chi connectivity index (χ1n) is 5.99. The second kappa shape index (κ2) is 7.59. The molecule has 2 amide bonds. The molecule has 5 nitrogen and oxygen atoms in total. The largest absolute Gasteiger partial charge is 0.481 e. The van der Waals surface area contributed by atoms with Gasteiger partial charge in [0, 0.05) is 13.0 Å². The van der Waals surface area contributed by atoms with Crippen LogP contribution in [0.25, 0.3) is 0 Å². The van der Waals surface area contributed by atoms with Crippen LogP contribution in [0, 0.1) is 17.8 Å². The summed E-state index contributed by atoms with van der Waals surface area (Å²) < 4.78 is 0. The van der Waals surface area contributed by atoms with E-state index < -0.39 is 5.97 Å². The number of carboxylic acid groups (broad SMARTS) is 1. The van der Waals surface area contributed by atoms with E-state index in [0.717, 1.165) is 6.42 Å². The first-order chi connectivity index (χ1) is 8.26. The third-order valence-electron chi connectivity index (χ3n) is 2.70. The molecule has 0 aliphatic heterocycles. The molecule has 0 rings (SSSR count). The molecular weight excluding hydrogens is 232 g/mol. The molecule has 0 aliphatic rings. The smallest absolute Gasteiger partial charge is 0.315 e. The van der Waals surface area contributed by atoms with Crippen molar-refractivity contribution in [2.75, 3.05) is 6.54 Å². The lowest BCUT2D eigenvalue weighted by atomic mass is 9.84. The van der Waals surface area contributed by atoms with Gasteiger partial charge in [0.1, 0.15) is 0 Å². The zero-order valence-corrected chi connectivity index (χ0v) is 11.2. The number of rotatable bonds is 7. The van der Waals surface area contributed by atoms with Gasteiger partial charge in [0.2, 0.25) is 0 Å². The van der Waals surface area contributed by atoms with Crippen LogP contribution in [-0.4, -0.2) is 29.7 Å². The normalized spacial score (nSPS) is 12.3. The number of carbonyl (C=O) groups excluding carboxylic acids is 1. The van der Waals surface area contributed by atoms with Crippen LogP contribution in [0.1, 0.15) is 40.0 Å². The van der Waals surface area contributed by atoms with Crippen molar-refractivity contribution >= 4 is 12.0 Å². The van der Waals surface area contributed by atoms with E-state index in [9.17, 15) is 9.59 Å². The van der Waals surface area contributed by atoms with Gasteiger partial charge in [-0.1, -0.05) is 19.8 Å². The van der Waals surface area contributed by atoms with Crippen molar-refractivity contribution < 1.29 is 14.7 Å². The molecule has 18 heavy (non-hydrogen) atoms. The second-order valence-electron chi connectivity index (χ2n) is 5.10. The maximum atomic E-state index is 11.4. The molecule has 5 heteroatoms. The van der Waals surface area contributed by atoms with Crippen LogP contribution in [0.2, 0.25) is 0 Å². The van der Waals surface area contributed by atoms with Crippen LogP contribution in [0.5, 0.6) is 0 Å². The van der Waals surface area contributed by atoms with Gasteiger partial charge >= 0.3 is 12.0 Å². The van der Waals surface area contributed by atoms with Crippen molar-refractivity contribution in [3.8, 4) is 12.3 Å². The summed E-state index contributed by atoms with van der Waals surface area (Å²) in [6.45, 7) is 6.19. The molecule has 0 aromatic rings. The summed E-state index contributed by atoms with van der Waals surface area (Å²) in [4.78, 5) is 21.8. The zero-order valence-electron chi connectivity index (χ0n) is 11.2. The van der Waals surface area contributed by atoms with Crippen LogP contribution in [0.4, 0.5) is 4.79 Å². The molecule has 0 saturated carbocycles. The third-order valence-corrected chi connectivity index (χ3v) is 2.70. The monoisotopic (exact) mass is 254 g/mol. The Bertz CT molecular complexity index is 332. The van der Waals surface area contributed by atoms with Gasteiger partial charge in [0.05, 0.1) is 6.04 Å². The molecule has 0 fully saturated rings. The summed E-state index contributed by atoms with van der Waals surface area (Å²) in [5, 5.41) is 13.9. The maximum absolute atomic E-state index is 11.4. The van der Waals surface area contributed by atoms with E-state index in [2.05, 4.69) is 16.6 Å². The Balaban J connectivity index is 3.85. The number of carboxylic acids is 1. The summed E-state index contributed by atoms with van der Waals surface area (Å²) >= 11 is 0. The van der Waals surface area contributed by atoms with Gasteiger partial charge in [-0.3, -0.25) is 4.79 Å². The Labute approximate surface area is 108 Å². The molecule has 0 aromatic carbocycles. The van der Waals surface area contributed by atoms with E-state index in [-0.39, 0.29) is 23.9 Å². The van der Waals surface area contributed by atoms with Crippen molar-refractivity contribution in [2.24, 2.45) is 5.41 Å². The number of amides is 2. The SMILES string of the molecule is C#CC(C)NC(=O)NCCC(C)(C)CCC(=O)O. The molecule has 0 aromatic heterocycles. The fourth-order valence-corrected chi connectivity index (χ4v) is 1.37. The Hall–Kier alpha value is -1.70. The van der Waals surface area contributed by atoms with Crippen LogP contribution >= 0.6 is 0 Å². The van der Waals surface area contributed by atoms with Gasteiger partial charge in [-0.25, -0.2) is 4.79 Å². The Morgan fingerprint density at radius 2 is 2.00 bits per heavy atom. The van der Waals surface area contributed by atoms with Gasteiger partial charge in [0.15, 0.2) is 0 Å². The number of urea groups is 1. The summed E-state index contributed by atoms with van der Waals surface area (Å²) in [6.07, 6.45) is 6.59. The minimum atomic E-state index is -0.795. The predicted molar refractivity (Wildman–Crippen MR) is 70.1 cm³/mol. The van der Waals surface area contributed by atoms with Crippen LogP contribution in [0.15, 0.2) is 0 Å². The van der Waals surface area contributed by atoms with E-state index in [1.807, 2.05) is 13.8 Å². The summed E-state index contributed by atoms with van der Waals surface area (Å²) in [5.41, 5.74) is -0.108. The molecule has 102 valence electrons. The minimum Gasteiger partial charge on any atom is -0.481 e. The van der Waals surface area contributed by atoms with E-state index in [4.69, 9.17) is 11.5 Å². The number of aliphatic carboxylic acids is 1. The highest BCUT2D eigenvalue weighted by Crippen LogP contribution is 2.25. The number of hydrogen-bond donors (Lipinski definition) is 3. The summed E-state index contributed by atoms with van der Waals surface area (Å²) in [6, 6.07) is -0.598. The molecule has 1 atom stereocenters. The van der Waals surface area contributed by atoms with Crippen LogP contribution in [0.3, 0.4) is 0 Å². The highest BCUT2D eigenvalue weighted by atomic mass is 16.4. The van der Waals surface area contributed by atoms with Crippen molar-refractivity contribution in [2.45, 2.75) is 46.1 Å². The fraction of sp³-hybridized carbons (Fsp3) is 0.692. The van der Waals surface area contributed by atoms with Gasteiger partial charge < -0.3 is 15.7 Å². The Morgan fingerprint density at radius 1 is 1.39 bits per heavy atom. The predicted octanol–water partition coefficient (Wildman–Crippen LogP) is 1.59. The van der Waals surface area contributed by atoms with Gasteiger partial charge in [0.25, 0.3) is 0 Å². The third kappa shape index (κ3) is 8.45. The van der Waals surface area contributed by atoms with E-state index >= 15 is 0 Å².